The van der Waals surface area contributed by atoms with Crippen molar-refractivity contribution in [1.29, 1.82) is 0 Å². The maximum Gasteiger partial charge on any atom is 0.248 e. The van der Waals surface area contributed by atoms with E-state index in [0.29, 0.717) is 5.92 Å². The number of likely N-dealkylation sites (tertiary alicyclic amines) is 1. The minimum atomic E-state index is 0.102. The Balaban J connectivity index is 2.24. The number of nitrogens with zero attached hydrogens (tertiary/aromatic N) is 1. The first-order valence-corrected chi connectivity index (χ1v) is 5.36. The van der Waals surface area contributed by atoms with E-state index in [1.807, 2.05) is 4.90 Å². The predicted molar refractivity (Wildman–Crippen MR) is 58.2 cm³/mol. The van der Waals surface area contributed by atoms with Crippen LogP contribution in [0.4, 0.5) is 0 Å². The molecule has 0 aliphatic carbocycles. The number of carbonyl (C=O) groups is 1. The second kappa shape index (κ2) is 6.27. The summed E-state index contributed by atoms with van der Waals surface area (Å²) in [7, 11) is 1.55. The summed E-state index contributed by atoms with van der Waals surface area (Å²) in [6, 6.07) is 0. The summed E-state index contributed by atoms with van der Waals surface area (Å²) in [6.07, 6.45) is 2.12. The molecule has 1 aliphatic heterocycles. The van der Waals surface area contributed by atoms with E-state index in [1.54, 1.807) is 7.11 Å². The zero-order chi connectivity index (χ0) is 10.4. The molecule has 0 unspecified atom stereocenters. The highest BCUT2D eigenvalue weighted by Gasteiger charge is 2.21. The fourth-order valence-corrected chi connectivity index (χ4v) is 1.99. The molecule has 1 saturated heterocycles. The van der Waals surface area contributed by atoms with Gasteiger partial charge in [-0.1, -0.05) is 12.8 Å². The SMILES string of the molecule is COCC(=O)N1CCC(CNS)CC1. The highest BCUT2D eigenvalue weighted by molar-refractivity contribution is 7.78. The Labute approximate surface area is 90.5 Å². The molecule has 0 radical (unpaired) electrons. The normalized spacial score (nSPS) is 18.6. The van der Waals surface area contributed by atoms with Crippen LogP contribution < -0.4 is 4.72 Å². The van der Waals surface area contributed by atoms with Crippen molar-refractivity contribution in [3.8, 4) is 0 Å². The molecule has 0 aromatic carbocycles. The summed E-state index contributed by atoms with van der Waals surface area (Å²) in [4.78, 5) is 13.3. The number of methoxy groups -OCH3 is 1. The molecule has 5 heteroatoms. The average Bonchev–Trinajstić information content (AvgIpc) is 2.20. The van der Waals surface area contributed by atoms with Crippen molar-refractivity contribution in [2.45, 2.75) is 12.8 Å². The molecule has 1 N–H and O–H groups in total. The predicted octanol–water partition coefficient (Wildman–Crippen LogP) is 0.306. The lowest BCUT2D eigenvalue weighted by Crippen LogP contribution is -2.41. The molecule has 14 heavy (non-hydrogen) atoms. The maximum absolute atomic E-state index is 11.4. The smallest absolute Gasteiger partial charge is 0.248 e. The number of amides is 1. The third kappa shape index (κ3) is 3.48. The van der Waals surface area contributed by atoms with Crippen molar-refractivity contribution < 1.29 is 9.53 Å². The number of hydrogen-bond donors (Lipinski definition) is 2. The van der Waals surface area contributed by atoms with E-state index in [-0.39, 0.29) is 12.5 Å². The van der Waals surface area contributed by atoms with Crippen LogP contribution in [0.25, 0.3) is 0 Å². The lowest BCUT2D eigenvalue weighted by molar-refractivity contribution is -0.136. The van der Waals surface area contributed by atoms with E-state index >= 15 is 0 Å². The molecule has 0 atom stereocenters. The molecular formula is C9H18N2O2S. The first-order chi connectivity index (χ1) is 6.77. The van der Waals surface area contributed by atoms with Gasteiger partial charge in [-0.05, 0) is 18.8 Å². The van der Waals surface area contributed by atoms with Crippen LogP contribution in [0.1, 0.15) is 12.8 Å². The van der Waals surface area contributed by atoms with Crippen LogP contribution in [0, 0.1) is 5.92 Å². The van der Waals surface area contributed by atoms with Gasteiger partial charge >= 0.3 is 0 Å². The van der Waals surface area contributed by atoms with E-state index < -0.39 is 0 Å². The number of thiol groups is 1. The standard InChI is InChI=1S/C9H18N2O2S/c1-13-7-9(12)11-4-2-8(3-5-11)6-10-14/h8,10,14H,2-7H2,1H3. The Bertz CT molecular complexity index is 182. The van der Waals surface area contributed by atoms with Gasteiger partial charge in [0.05, 0.1) is 0 Å². The molecule has 1 heterocycles. The third-order valence-corrected chi connectivity index (χ3v) is 2.80. The molecular weight excluding hydrogens is 200 g/mol. The van der Waals surface area contributed by atoms with E-state index in [1.165, 1.54) is 0 Å². The monoisotopic (exact) mass is 218 g/mol. The quantitative estimate of drug-likeness (QED) is 0.667. The van der Waals surface area contributed by atoms with Crippen molar-refractivity contribution in [2.75, 3.05) is 33.4 Å². The number of hydrogen-bond acceptors (Lipinski definition) is 4. The third-order valence-electron chi connectivity index (χ3n) is 2.62. The topological polar surface area (TPSA) is 41.6 Å². The Kier molecular flexibility index (Phi) is 5.29. The van der Waals surface area contributed by atoms with Gasteiger partial charge in [0.15, 0.2) is 0 Å². The Hall–Kier alpha value is -0.260. The van der Waals surface area contributed by atoms with Gasteiger partial charge < -0.3 is 9.64 Å². The van der Waals surface area contributed by atoms with Crippen LogP contribution in [-0.2, 0) is 9.53 Å². The lowest BCUT2D eigenvalue weighted by atomic mass is 9.97. The highest BCUT2D eigenvalue weighted by atomic mass is 32.1. The average molecular weight is 218 g/mol. The van der Waals surface area contributed by atoms with Crippen LogP contribution in [0.15, 0.2) is 0 Å². The fraction of sp³-hybridized carbons (Fsp3) is 0.889. The molecule has 0 aromatic rings. The molecule has 0 bridgehead atoms. The summed E-state index contributed by atoms with van der Waals surface area (Å²) in [5.74, 6) is 0.754. The van der Waals surface area contributed by atoms with Gasteiger partial charge in [0, 0.05) is 26.7 Å². The van der Waals surface area contributed by atoms with Crippen molar-refractivity contribution in [1.82, 2.24) is 9.62 Å². The van der Waals surface area contributed by atoms with Gasteiger partial charge in [-0.3, -0.25) is 9.52 Å². The molecule has 1 rings (SSSR count). The fourth-order valence-electron chi connectivity index (χ4n) is 1.73. The minimum Gasteiger partial charge on any atom is -0.375 e. The van der Waals surface area contributed by atoms with Gasteiger partial charge in [0.1, 0.15) is 6.61 Å². The lowest BCUT2D eigenvalue weighted by Gasteiger charge is -2.31. The van der Waals surface area contributed by atoms with Gasteiger partial charge in [-0.25, -0.2) is 0 Å². The van der Waals surface area contributed by atoms with E-state index in [9.17, 15) is 4.79 Å². The van der Waals surface area contributed by atoms with Crippen LogP contribution in [0.5, 0.6) is 0 Å². The zero-order valence-corrected chi connectivity index (χ0v) is 9.43. The number of nitrogens with one attached hydrogen (secondary N) is 1. The van der Waals surface area contributed by atoms with Gasteiger partial charge in [-0.15, -0.1) is 0 Å². The Morgan fingerprint density at radius 2 is 2.21 bits per heavy atom. The van der Waals surface area contributed by atoms with Crippen molar-refractivity contribution in [3.05, 3.63) is 0 Å². The first kappa shape index (κ1) is 11.8. The van der Waals surface area contributed by atoms with Crippen molar-refractivity contribution in [3.63, 3.8) is 0 Å². The molecule has 1 amide bonds. The number of piperidine rings is 1. The highest BCUT2D eigenvalue weighted by Crippen LogP contribution is 2.16. The molecule has 1 aliphatic rings. The number of ether oxygens (including phenoxy) is 1. The van der Waals surface area contributed by atoms with E-state index in [2.05, 4.69) is 17.5 Å². The minimum absolute atomic E-state index is 0.102. The summed E-state index contributed by atoms with van der Waals surface area (Å²) in [6.45, 7) is 2.83. The molecule has 82 valence electrons. The maximum atomic E-state index is 11.4. The Morgan fingerprint density at radius 1 is 1.57 bits per heavy atom. The van der Waals surface area contributed by atoms with Gasteiger partial charge in [0.25, 0.3) is 0 Å². The first-order valence-electron chi connectivity index (χ1n) is 4.91. The largest absolute Gasteiger partial charge is 0.375 e. The summed E-state index contributed by atoms with van der Waals surface area (Å²) in [5, 5.41) is 0. The van der Waals surface area contributed by atoms with Gasteiger partial charge in [0.2, 0.25) is 5.91 Å². The molecule has 1 fully saturated rings. The van der Waals surface area contributed by atoms with E-state index in [4.69, 9.17) is 4.74 Å². The zero-order valence-electron chi connectivity index (χ0n) is 8.53. The summed E-state index contributed by atoms with van der Waals surface area (Å²) in [5.41, 5.74) is 0. The van der Waals surface area contributed by atoms with E-state index in [0.717, 1.165) is 32.5 Å². The van der Waals surface area contributed by atoms with Crippen molar-refractivity contribution in [2.24, 2.45) is 5.92 Å². The molecule has 0 spiro atoms. The summed E-state index contributed by atoms with van der Waals surface area (Å²) >= 11 is 3.98. The van der Waals surface area contributed by atoms with Crippen molar-refractivity contribution >= 4 is 18.7 Å². The number of rotatable bonds is 4. The van der Waals surface area contributed by atoms with Crippen LogP contribution in [-0.4, -0.2) is 44.2 Å². The molecule has 0 saturated carbocycles. The molecule has 0 aromatic heterocycles. The Morgan fingerprint density at radius 3 is 2.71 bits per heavy atom. The molecule has 4 nitrogen and oxygen atoms in total. The second-order valence-corrected chi connectivity index (χ2v) is 3.94. The summed E-state index contributed by atoms with van der Waals surface area (Å²) < 4.78 is 7.69. The van der Waals surface area contributed by atoms with Gasteiger partial charge in [-0.2, -0.15) is 0 Å². The van der Waals surface area contributed by atoms with Crippen LogP contribution >= 0.6 is 12.8 Å². The van der Waals surface area contributed by atoms with Crippen LogP contribution in [0.3, 0.4) is 0 Å². The van der Waals surface area contributed by atoms with Crippen LogP contribution in [0.2, 0.25) is 0 Å². The second-order valence-electron chi connectivity index (χ2n) is 3.62. The number of carbonyl (C=O) groups excluding carboxylic acids is 1.